The summed E-state index contributed by atoms with van der Waals surface area (Å²) in [5.74, 6) is 0. The van der Waals surface area contributed by atoms with Gasteiger partial charge in [0.1, 0.15) is 0 Å². The van der Waals surface area contributed by atoms with Crippen LogP contribution in [0.2, 0.25) is 0 Å². The molecular weight excluding hydrogens is 620 g/mol. The van der Waals surface area contributed by atoms with Crippen LogP contribution in [0.25, 0.3) is 75.4 Å². The maximum atomic E-state index is 4.08. The van der Waals surface area contributed by atoms with Gasteiger partial charge in [-0.3, -0.25) is 0 Å². The van der Waals surface area contributed by atoms with Crippen LogP contribution in [0.3, 0.4) is 0 Å². The maximum absolute atomic E-state index is 4.08. The van der Waals surface area contributed by atoms with Gasteiger partial charge in [-0.2, -0.15) is 0 Å². The second kappa shape index (κ2) is 10.3. The van der Waals surface area contributed by atoms with Crippen molar-refractivity contribution in [3.05, 3.63) is 168 Å². The highest BCUT2D eigenvalue weighted by Gasteiger charge is 2.38. The van der Waals surface area contributed by atoms with E-state index in [1.54, 1.807) is 0 Å². The fourth-order valence-corrected chi connectivity index (χ4v) is 8.87. The summed E-state index contributed by atoms with van der Waals surface area (Å²) in [6, 6.07) is 55.9. The van der Waals surface area contributed by atoms with E-state index >= 15 is 0 Å². The zero-order valence-corrected chi connectivity index (χ0v) is 27.4. The van der Waals surface area contributed by atoms with Crippen LogP contribution >= 0.6 is 15.9 Å². The molecule has 0 atom stereocenters. The lowest BCUT2D eigenvalue weighted by Gasteiger charge is -2.26. The van der Waals surface area contributed by atoms with E-state index in [-0.39, 0.29) is 5.41 Å². The summed E-state index contributed by atoms with van der Waals surface area (Å²) in [6.07, 6.45) is 0. The molecule has 8 aromatic rings. The minimum absolute atomic E-state index is 0.119. The Hall–Kier alpha value is -4.98. The molecule has 0 nitrogen and oxygen atoms in total. The summed E-state index contributed by atoms with van der Waals surface area (Å²) >= 11 is 4.08. The molecule has 0 unspecified atom stereocenters. The van der Waals surface area contributed by atoms with Crippen LogP contribution in [-0.4, -0.2) is 0 Å². The van der Waals surface area contributed by atoms with Crippen molar-refractivity contribution in [3.63, 3.8) is 0 Å². The molecule has 0 N–H and O–H groups in total. The highest BCUT2D eigenvalue weighted by Crippen LogP contribution is 2.54. The Kier molecular flexibility index (Phi) is 6.11. The maximum Gasteiger partial charge on any atom is 0.0298 e. The third-order valence-electron chi connectivity index (χ3n) is 10.1. The molecule has 0 heterocycles. The summed E-state index contributed by atoms with van der Waals surface area (Å²) in [4.78, 5) is 0. The van der Waals surface area contributed by atoms with Gasteiger partial charge in [0.2, 0.25) is 0 Å². The molecule has 0 aliphatic heterocycles. The normalized spacial score (nSPS) is 14.1. The summed E-state index contributed by atoms with van der Waals surface area (Å²) in [7, 11) is 0. The van der Waals surface area contributed by atoms with Crippen LogP contribution in [0.15, 0.2) is 152 Å². The molecule has 0 radical (unpaired) electrons. The largest absolute Gasteiger partial charge is 0.0616 e. The van der Waals surface area contributed by atoms with Crippen molar-refractivity contribution in [1.29, 1.82) is 0 Å². The molecule has 0 fully saturated rings. The van der Waals surface area contributed by atoms with E-state index in [0.717, 1.165) is 0 Å². The molecule has 218 valence electrons. The molecule has 8 aromatic carbocycles. The van der Waals surface area contributed by atoms with Gasteiger partial charge in [-0.1, -0.05) is 153 Å². The van der Waals surface area contributed by atoms with Crippen LogP contribution in [-0.2, 0) is 5.41 Å². The molecule has 46 heavy (non-hydrogen) atoms. The average Bonchev–Trinajstić information content (AvgIpc) is 3.31. The molecule has 9 rings (SSSR count). The quantitative estimate of drug-likeness (QED) is 0.167. The number of benzene rings is 8. The molecule has 1 aliphatic rings. The van der Waals surface area contributed by atoms with Gasteiger partial charge in [0.15, 0.2) is 0 Å². The first-order chi connectivity index (χ1) is 22.5. The minimum atomic E-state index is -0.119. The second-order valence-corrected chi connectivity index (χ2v) is 13.8. The molecule has 0 aromatic heterocycles. The molecule has 0 saturated heterocycles. The Morgan fingerprint density at radius 3 is 1.52 bits per heavy atom. The Morgan fingerprint density at radius 1 is 0.391 bits per heavy atom. The Labute approximate surface area is 277 Å². The van der Waals surface area contributed by atoms with Gasteiger partial charge in [0.25, 0.3) is 0 Å². The van der Waals surface area contributed by atoms with E-state index < -0.39 is 0 Å². The monoisotopic (exact) mass is 650 g/mol. The Bertz CT molecular complexity index is 2510. The molecule has 0 amide bonds. The van der Waals surface area contributed by atoms with Gasteiger partial charge in [-0.25, -0.2) is 0 Å². The van der Waals surface area contributed by atoms with E-state index in [4.69, 9.17) is 0 Å². The first kappa shape index (κ1) is 27.3. The number of hydrogen-bond acceptors (Lipinski definition) is 0. The van der Waals surface area contributed by atoms with Crippen molar-refractivity contribution < 1.29 is 0 Å². The molecule has 0 spiro atoms. The minimum Gasteiger partial charge on any atom is -0.0616 e. The second-order valence-electron chi connectivity index (χ2n) is 13.0. The summed E-state index contributed by atoms with van der Waals surface area (Å²) < 4.78 is 1.19. The third kappa shape index (κ3) is 4.05. The number of fused-ring (bicyclic) bond motifs is 8. The Morgan fingerprint density at radius 2 is 0.870 bits per heavy atom. The lowest BCUT2D eigenvalue weighted by atomic mass is 9.77. The Balaban J connectivity index is 1.11. The van der Waals surface area contributed by atoms with Crippen molar-refractivity contribution in [2.75, 3.05) is 0 Å². The van der Waals surface area contributed by atoms with Gasteiger partial charge >= 0.3 is 0 Å². The van der Waals surface area contributed by atoms with Crippen molar-refractivity contribution in [2.24, 2.45) is 0 Å². The SMILES string of the molecule is CC1(C)C(c2cccc3ccccc23)=C(Br)c2cc(-c3ccc(-c4ccc5c6ccccc6c6ccccc6c5c4)cc3)ccc21. The van der Waals surface area contributed by atoms with Crippen LogP contribution in [0.4, 0.5) is 0 Å². The van der Waals surface area contributed by atoms with Crippen molar-refractivity contribution >= 4 is 69.1 Å². The molecule has 0 bridgehead atoms. The molecule has 1 aliphatic carbocycles. The topological polar surface area (TPSA) is 0 Å². The summed E-state index contributed by atoms with van der Waals surface area (Å²) in [5, 5.41) is 10.4. The molecular formula is C45H31Br. The number of hydrogen-bond donors (Lipinski definition) is 0. The van der Waals surface area contributed by atoms with Gasteiger partial charge in [-0.05, 0) is 116 Å². The zero-order valence-electron chi connectivity index (χ0n) is 25.8. The zero-order chi connectivity index (χ0) is 31.0. The average molecular weight is 652 g/mol. The summed E-state index contributed by atoms with van der Waals surface area (Å²) in [6.45, 7) is 4.70. The van der Waals surface area contributed by atoms with Crippen molar-refractivity contribution in [1.82, 2.24) is 0 Å². The van der Waals surface area contributed by atoms with Gasteiger partial charge in [-0.15, -0.1) is 0 Å². The van der Waals surface area contributed by atoms with Crippen LogP contribution in [0.1, 0.15) is 30.5 Å². The predicted octanol–water partition coefficient (Wildman–Crippen LogP) is 13.2. The van der Waals surface area contributed by atoms with Crippen molar-refractivity contribution in [2.45, 2.75) is 19.3 Å². The first-order valence-corrected chi connectivity index (χ1v) is 16.8. The number of rotatable bonds is 3. The smallest absolute Gasteiger partial charge is 0.0298 e. The van der Waals surface area contributed by atoms with E-state index in [2.05, 4.69) is 181 Å². The van der Waals surface area contributed by atoms with Gasteiger partial charge in [0, 0.05) is 9.90 Å². The van der Waals surface area contributed by atoms with E-state index in [9.17, 15) is 0 Å². The number of allylic oxidation sites excluding steroid dienone is 1. The highest BCUT2D eigenvalue weighted by atomic mass is 79.9. The predicted molar refractivity (Wildman–Crippen MR) is 203 cm³/mol. The third-order valence-corrected chi connectivity index (χ3v) is 11.0. The van der Waals surface area contributed by atoms with Crippen LogP contribution in [0, 0.1) is 0 Å². The lowest BCUT2D eigenvalue weighted by Crippen LogP contribution is -2.16. The highest BCUT2D eigenvalue weighted by molar-refractivity contribution is 9.15. The molecule has 1 heteroatoms. The lowest BCUT2D eigenvalue weighted by molar-refractivity contribution is 0.705. The fraction of sp³-hybridized carbons (Fsp3) is 0.0667. The standard InChI is InChI=1S/C45H31Br/c1-45(2)42-25-23-32(27-41(42)44(46)43(45)39-17-9-11-30-10-3-4-12-33(30)39)29-20-18-28(19-21-29)31-22-24-38-36-15-6-5-13-34(36)35-14-7-8-16-37(35)40(38)26-31/h3-27H,1-2H3. The van der Waals surface area contributed by atoms with E-state index in [0.29, 0.717) is 0 Å². The first-order valence-electron chi connectivity index (χ1n) is 16.0. The van der Waals surface area contributed by atoms with Gasteiger partial charge < -0.3 is 0 Å². The number of halogens is 1. The van der Waals surface area contributed by atoms with Crippen LogP contribution in [0.5, 0.6) is 0 Å². The summed E-state index contributed by atoms with van der Waals surface area (Å²) in [5.41, 5.74) is 10.1. The van der Waals surface area contributed by atoms with Gasteiger partial charge in [0.05, 0.1) is 0 Å². The van der Waals surface area contributed by atoms with E-state index in [1.807, 2.05) is 0 Å². The van der Waals surface area contributed by atoms with E-state index in [1.165, 1.54) is 92.1 Å². The molecule has 0 saturated carbocycles. The fourth-order valence-electron chi connectivity index (χ4n) is 7.83. The van der Waals surface area contributed by atoms with Crippen molar-refractivity contribution in [3.8, 4) is 22.3 Å². The van der Waals surface area contributed by atoms with Crippen LogP contribution < -0.4 is 0 Å².